The van der Waals surface area contributed by atoms with Crippen molar-refractivity contribution in [1.82, 2.24) is 14.7 Å². The molecule has 4 aliphatic rings. The number of hydrogen-bond donors (Lipinski definition) is 2. The molecule has 0 aliphatic heterocycles. The van der Waals surface area contributed by atoms with Crippen LogP contribution in [-0.2, 0) is 11.2 Å². The largest absolute Gasteiger partial charge is 0.355 e. The third-order valence-electron chi connectivity index (χ3n) is 7.97. The molecule has 4 saturated carbocycles. The lowest BCUT2D eigenvalue weighted by molar-refractivity contribution is -0.122. The van der Waals surface area contributed by atoms with E-state index in [1.807, 2.05) is 42.5 Å². The lowest BCUT2D eigenvalue weighted by Crippen LogP contribution is -2.51. The summed E-state index contributed by atoms with van der Waals surface area (Å²) in [6, 6.07) is 14.8. The highest BCUT2D eigenvalue weighted by atomic mass is 16.2. The smallest absolute Gasteiger partial charge is 0.272 e. The van der Waals surface area contributed by atoms with E-state index in [0.29, 0.717) is 22.5 Å². The minimum Gasteiger partial charge on any atom is -0.355 e. The van der Waals surface area contributed by atoms with E-state index in [1.165, 1.54) is 38.5 Å². The number of carbonyl (C=O) groups is 2. The number of pyridine rings is 1. The number of rotatable bonds is 6. The van der Waals surface area contributed by atoms with E-state index in [2.05, 4.69) is 15.6 Å². The quantitative estimate of drug-likeness (QED) is 0.592. The Labute approximate surface area is 193 Å². The van der Waals surface area contributed by atoms with Crippen molar-refractivity contribution in [2.75, 3.05) is 11.9 Å². The van der Waals surface area contributed by atoms with Gasteiger partial charge in [-0.3, -0.25) is 14.0 Å². The van der Waals surface area contributed by atoms with Gasteiger partial charge in [0.25, 0.3) is 5.91 Å². The topological polar surface area (TPSA) is 75.5 Å². The second kappa shape index (κ2) is 8.01. The molecule has 7 rings (SSSR count). The second-order valence-corrected chi connectivity index (χ2v) is 10.6. The fourth-order valence-corrected chi connectivity index (χ4v) is 7.07. The average molecular weight is 443 g/mol. The van der Waals surface area contributed by atoms with Gasteiger partial charge in [-0.15, -0.1) is 0 Å². The van der Waals surface area contributed by atoms with Crippen molar-refractivity contribution in [2.45, 2.75) is 44.9 Å². The summed E-state index contributed by atoms with van der Waals surface area (Å²) in [5.41, 5.74) is 2.90. The summed E-state index contributed by atoms with van der Waals surface area (Å²) in [6.45, 7) is 0.799. The van der Waals surface area contributed by atoms with E-state index in [9.17, 15) is 9.59 Å². The van der Waals surface area contributed by atoms with Crippen molar-refractivity contribution >= 4 is 23.1 Å². The number of fused-ring (bicyclic) bond motifs is 1. The van der Waals surface area contributed by atoms with E-state index in [-0.39, 0.29) is 18.2 Å². The van der Waals surface area contributed by atoms with Gasteiger partial charge >= 0.3 is 0 Å². The molecule has 4 bridgehead atoms. The molecule has 0 unspecified atom stereocenters. The standard InChI is InChI=1S/C27H30N4O2/c32-25(28-17-27-13-18-9-19(14-27)11-20(10-18)15-27)12-22-16-31-23(7-4-8-24(31)29-22)26(33)30-21-5-2-1-3-6-21/h1-8,16,18-20H,9-15,17H2,(H,28,32)(H,30,33). The van der Waals surface area contributed by atoms with Gasteiger partial charge in [-0.25, -0.2) is 4.98 Å². The first-order valence-electron chi connectivity index (χ1n) is 12.2. The van der Waals surface area contributed by atoms with E-state index < -0.39 is 0 Å². The molecule has 0 radical (unpaired) electrons. The molecule has 0 spiro atoms. The van der Waals surface area contributed by atoms with Crippen molar-refractivity contribution in [2.24, 2.45) is 23.2 Å². The summed E-state index contributed by atoms with van der Waals surface area (Å²) < 4.78 is 1.76. The summed E-state index contributed by atoms with van der Waals surface area (Å²) in [5, 5.41) is 6.15. The Hall–Kier alpha value is -3.15. The van der Waals surface area contributed by atoms with Crippen molar-refractivity contribution < 1.29 is 9.59 Å². The number of benzene rings is 1. The van der Waals surface area contributed by atoms with Crippen LogP contribution in [0.15, 0.2) is 54.7 Å². The van der Waals surface area contributed by atoms with Gasteiger partial charge < -0.3 is 10.6 Å². The predicted octanol–water partition coefficient (Wildman–Crippen LogP) is 4.46. The number of imidazole rings is 1. The minimum atomic E-state index is -0.206. The van der Waals surface area contributed by atoms with Gasteiger partial charge in [0.1, 0.15) is 11.3 Å². The Balaban J connectivity index is 1.13. The van der Waals surface area contributed by atoms with Crippen molar-refractivity contribution in [3.05, 3.63) is 66.1 Å². The number of para-hydroxylation sites is 1. The molecule has 4 aliphatic carbocycles. The maximum atomic E-state index is 12.8. The zero-order valence-corrected chi connectivity index (χ0v) is 18.8. The van der Waals surface area contributed by atoms with Gasteiger partial charge in [0.05, 0.1) is 12.1 Å². The zero-order chi connectivity index (χ0) is 22.4. The van der Waals surface area contributed by atoms with Gasteiger partial charge in [0.15, 0.2) is 0 Å². The van der Waals surface area contributed by atoms with Crippen LogP contribution in [0, 0.1) is 23.2 Å². The molecule has 33 heavy (non-hydrogen) atoms. The Bertz CT molecular complexity index is 1160. The lowest BCUT2D eigenvalue weighted by Gasteiger charge is -2.56. The van der Waals surface area contributed by atoms with Gasteiger partial charge in [0.2, 0.25) is 5.91 Å². The maximum absolute atomic E-state index is 12.8. The minimum absolute atomic E-state index is 0.0180. The second-order valence-electron chi connectivity index (χ2n) is 10.6. The normalized spacial score (nSPS) is 27.6. The molecule has 2 amide bonds. The van der Waals surface area contributed by atoms with Gasteiger partial charge in [-0.2, -0.15) is 0 Å². The van der Waals surface area contributed by atoms with Gasteiger partial charge in [-0.05, 0) is 86.0 Å². The van der Waals surface area contributed by atoms with Crippen LogP contribution in [0.1, 0.15) is 54.7 Å². The van der Waals surface area contributed by atoms with Crippen LogP contribution >= 0.6 is 0 Å². The van der Waals surface area contributed by atoms with Crippen LogP contribution in [0.2, 0.25) is 0 Å². The van der Waals surface area contributed by atoms with Gasteiger partial charge in [0, 0.05) is 18.4 Å². The van der Waals surface area contributed by atoms with Crippen LogP contribution in [-0.4, -0.2) is 27.7 Å². The summed E-state index contributed by atoms with van der Waals surface area (Å²) in [5.74, 6) is 2.46. The summed E-state index contributed by atoms with van der Waals surface area (Å²) >= 11 is 0. The Morgan fingerprint density at radius 3 is 2.33 bits per heavy atom. The van der Waals surface area contributed by atoms with Crippen LogP contribution in [0.4, 0.5) is 5.69 Å². The molecular formula is C27H30N4O2. The average Bonchev–Trinajstić information content (AvgIpc) is 3.20. The highest BCUT2D eigenvalue weighted by Crippen LogP contribution is 2.59. The first-order valence-corrected chi connectivity index (χ1v) is 12.2. The number of nitrogens with one attached hydrogen (secondary N) is 2. The van der Waals surface area contributed by atoms with E-state index in [0.717, 1.165) is 30.0 Å². The molecule has 6 heteroatoms. The summed E-state index contributed by atoms with van der Waals surface area (Å²) in [4.78, 5) is 30.2. The first-order chi connectivity index (χ1) is 16.1. The molecule has 1 aromatic carbocycles. The first kappa shape index (κ1) is 20.5. The molecule has 3 aromatic rings. The number of hydrogen-bond acceptors (Lipinski definition) is 3. The SMILES string of the molecule is O=C(Cc1cn2c(C(=O)Nc3ccccc3)cccc2n1)NCC12CC3CC(CC(C3)C1)C2. The van der Waals surface area contributed by atoms with Crippen molar-refractivity contribution in [3.8, 4) is 0 Å². The molecule has 0 saturated heterocycles. The van der Waals surface area contributed by atoms with Crippen molar-refractivity contribution in [3.63, 3.8) is 0 Å². The molecule has 170 valence electrons. The third kappa shape index (κ3) is 4.03. The van der Waals surface area contributed by atoms with Crippen LogP contribution in [0.5, 0.6) is 0 Å². The zero-order valence-electron chi connectivity index (χ0n) is 18.8. The fraction of sp³-hybridized carbons (Fsp3) is 0.444. The number of aromatic nitrogens is 2. The van der Waals surface area contributed by atoms with E-state index in [1.54, 1.807) is 16.7 Å². The molecule has 2 heterocycles. The monoisotopic (exact) mass is 442 g/mol. The third-order valence-corrected chi connectivity index (χ3v) is 7.97. The van der Waals surface area contributed by atoms with E-state index in [4.69, 9.17) is 0 Å². The van der Waals surface area contributed by atoms with Crippen LogP contribution in [0.25, 0.3) is 5.65 Å². The molecule has 2 aromatic heterocycles. The lowest BCUT2D eigenvalue weighted by atomic mass is 9.49. The summed E-state index contributed by atoms with van der Waals surface area (Å²) in [6.07, 6.45) is 10.1. The molecule has 0 atom stereocenters. The number of amides is 2. The molecular weight excluding hydrogens is 412 g/mol. The highest BCUT2D eigenvalue weighted by Gasteiger charge is 2.50. The van der Waals surface area contributed by atoms with Crippen LogP contribution in [0.3, 0.4) is 0 Å². The number of carbonyl (C=O) groups excluding carboxylic acids is 2. The highest BCUT2D eigenvalue weighted by molar-refractivity contribution is 6.03. The summed E-state index contributed by atoms with van der Waals surface area (Å²) in [7, 11) is 0. The number of anilines is 1. The fourth-order valence-electron chi connectivity index (χ4n) is 7.07. The Kier molecular flexibility index (Phi) is 4.97. The molecule has 4 fully saturated rings. The molecule has 2 N–H and O–H groups in total. The number of nitrogens with zero attached hydrogens (tertiary/aromatic N) is 2. The van der Waals surface area contributed by atoms with E-state index >= 15 is 0 Å². The molecule has 6 nitrogen and oxygen atoms in total. The van der Waals surface area contributed by atoms with Gasteiger partial charge in [-0.1, -0.05) is 24.3 Å². The Morgan fingerprint density at radius 1 is 0.939 bits per heavy atom. The van der Waals surface area contributed by atoms with Crippen molar-refractivity contribution in [1.29, 1.82) is 0 Å². The van der Waals surface area contributed by atoms with Crippen LogP contribution < -0.4 is 10.6 Å². The maximum Gasteiger partial charge on any atom is 0.272 e. The predicted molar refractivity (Wildman–Crippen MR) is 127 cm³/mol. The Morgan fingerprint density at radius 2 is 1.64 bits per heavy atom.